The lowest BCUT2D eigenvalue weighted by Crippen LogP contribution is -2.52. The molecule has 6 heteroatoms. The van der Waals surface area contributed by atoms with Crippen LogP contribution in [0, 0.1) is 17.6 Å². The minimum absolute atomic E-state index is 0.0360. The van der Waals surface area contributed by atoms with Crippen LogP contribution in [0.1, 0.15) is 36.4 Å². The predicted octanol–water partition coefficient (Wildman–Crippen LogP) is 4.44. The molecular weight excluding hydrogens is 374 g/mol. The molecule has 4 aliphatic rings. The Kier molecular flexibility index (Phi) is 4.74. The molecule has 0 aromatic heterocycles. The molecule has 1 aliphatic carbocycles. The van der Waals surface area contributed by atoms with Gasteiger partial charge in [0.1, 0.15) is 6.10 Å². The summed E-state index contributed by atoms with van der Waals surface area (Å²) in [4.78, 5) is 14.9. The molecule has 2 bridgehead atoms. The summed E-state index contributed by atoms with van der Waals surface area (Å²) in [6, 6.07) is 9.62. The zero-order valence-electron chi connectivity index (χ0n) is 16.2. The van der Waals surface area contributed by atoms with E-state index in [2.05, 4.69) is 10.2 Å². The Hall–Kier alpha value is -2.47. The molecule has 1 unspecified atom stereocenters. The highest BCUT2D eigenvalue weighted by atomic mass is 19.2. The van der Waals surface area contributed by atoms with E-state index in [0.29, 0.717) is 11.5 Å². The Morgan fingerprint density at radius 2 is 1.93 bits per heavy atom. The van der Waals surface area contributed by atoms with Gasteiger partial charge in [0.15, 0.2) is 11.6 Å². The van der Waals surface area contributed by atoms with Crippen LogP contribution in [0.3, 0.4) is 0 Å². The van der Waals surface area contributed by atoms with Crippen molar-refractivity contribution in [1.82, 2.24) is 10.2 Å². The number of carbonyl (C=O) groups excluding carboxylic acids is 1. The molecule has 0 radical (unpaired) electrons. The van der Waals surface area contributed by atoms with E-state index in [-0.39, 0.29) is 23.8 Å². The Morgan fingerprint density at radius 3 is 2.69 bits per heavy atom. The summed E-state index contributed by atoms with van der Waals surface area (Å²) in [6.07, 6.45) is 3.38. The van der Waals surface area contributed by atoms with Gasteiger partial charge in [0.25, 0.3) is 0 Å². The van der Waals surface area contributed by atoms with Crippen LogP contribution in [-0.2, 0) is 11.2 Å². The Labute approximate surface area is 168 Å². The highest BCUT2D eigenvalue weighted by molar-refractivity contribution is 5.70. The molecule has 2 aromatic rings. The van der Waals surface area contributed by atoms with Crippen molar-refractivity contribution in [3.63, 3.8) is 0 Å². The number of aryl methyl sites for hydroxylation is 1. The number of rotatable bonds is 3. The van der Waals surface area contributed by atoms with Crippen molar-refractivity contribution in [1.29, 1.82) is 0 Å². The first kappa shape index (κ1) is 18.6. The van der Waals surface area contributed by atoms with Gasteiger partial charge in [-0.25, -0.2) is 13.6 Å². The molecule has 2 atom stereocenters. The van der Waals surface area contributed by atoms with Crippen LogP contribution in [0.15, 0.2) is 36.4 Å². The molecule has 1 N–H and O–H groups in total. The normalized spacial score (nSPS) is 27.5. The summed E-state index contributed by atoms with van der Waals surface area (Å²) in [5, 5.41) is 3.00. The first-order chi connectivity index (χ1) is 14.1. The van der Waals surface area contributed by atoms with Gasteiger partial charge < -0.3 is 10.1 Å². The molecule has 0 spiro atoms. The Balaban J connectivity index is 1.31. The third-order valence-corrected chi connectivity index (χ3v) is 6.63. The van der Waals surface area contributed by atoms with Gasteiger partial charge in [-0.3, -0.25) is 4.90 Å². The van der Waals surface area contributed by atoms with Gasteiger partial charge >= 0.3 is 6.09 Å². The van der Waals surface area contributed by atoms with Crippen molar-refractivity contribution in [2.24, 2.45) is 5.92 Å². The lowest BCUT2D eigenvalue weighted by Gasteiger charge is -2.43. The van der Waals surface area contributed by atoms with Gasteiger partial charge in [0.2, 0.25) is 0 Å². The van der Waals surface area contributed by atoms with Gasteiger partial charge in [-0.2, -0.15) is 0 Å². The van der Waals surface area contributed by atoms with E-state index >= 15 is 0 Å². The van der Waals surface area contributed by atoms with Crippen molar-refractivity contribution in [2.75, 3.05) is 19.6 Å². The quantitative estimate of drug-likeness (QED) is 0.831. The maximum absolute atomic E-state index is 14.2. The van der Waals surface area contributed by atoms with Crippen LogP contribution < -0.4 is 5.32 Å². The van der Waals surface area contributed by atoms with E-state index in [1.165, 1.54) is 6.07 Å². The monoisotopic (exact) mass is 398 g/mol. The van der Waals surface area contributed by atoms with Crippen LogP contribution in [0.4, 0.5) is 13.6 Å². The second-order valence-corrected chi connectivity index (χ2v) is 8.33. The number of hydrogen-bond donors (Lipinski definition) is 1. The third-order valence-electron chi connectivity index (χ3n) is 6.63. The van der Waals surface area contributed by atoms with Gasteiger partial charge in [-0.15, -0.1) is 0 Å². The first-order valence-electron chi connectivity index (χ1n) is 10.3. The smallest absolute Gasteiger partial charge is 0.407 e. The highest BCUT2D eigenvalue weighted by Crippen LogP contribution is 2.36. The Morgan fingerprint density at radius 1 is 1.10 bits per heavy atom. The van der Waals surface area contributed by atoms with Crippen molar-refractivity contribution in [2.45, 2.75) is 37.8 Å². The molecule has 3 aliphatic heterocycles. The van der Waals surface area contributed by atoms with Gasteiger partial charge in [-0.05, 0) is 73.5 Å². The summed E-state index contributed by atoms with van der Waals surface area (Å²) >= 11 is 0. The number of hydrogen-bond acceptors (Lipinski definition) is 3. The number of ether oxygens (including phenoxy) is 1. The lowest BCUT2D eigenvalue weighted by molar-refractivity contribution is -0.0339. The molecule has 4 nitrogen and oxygen atoms in total. The van der Waals surface area contributed by atoms with Crippen molar-refractivity contribution < 1.29 is 18.3 Å². The molecule has 1 amide bonds. The average Bonchev–Trinajstić information content (AvgIpc) is 3.13. The fraction of sp³-hybridized carbons (Fsp3) is 0.435. The number of alkyl carbamates (subject to hydrolysis) is 1. The van der Waals surface area contributed by atoms with Crippen LogP contribution in [0.2, 0.25) is 0 Å². The topological polar surface area (TPSA) is 41.6 Å². The zero-order chi connectivity index (χ0) is 20.0. The summed E-state index contributed by atoms with van der Waals surface area (Å²) in [5.74, 6) is -1.25. The number of fused-ring (bicyclic) bond motifs is 4. The standard InChI is InChI=1S/C23H24F2N2O2/c24-19-3-1-2-17(22(19)25)16-5-4-14-6-7-20(18(14)12-16)26-23(28)29-21-13-27-10-8-15(21)9-11-27/h1-5,12,15,20-21H,6-11,13H2,(H,26,28)/t20?,21-/m0/s1. The molecule has 2 aromatic carbocycles. The number of benzene rings is 2. The molecule has 3 saturated heterocycles. The minimum atomic E-state index is -0.862. The second-order valence-electron chi connectivity index (χ2n) is 8.33. The van der Waals surface area contributed by atoms with Gasteiger partial charge in [-0.1, -0.05) is 24.3 Å². The Bertz CT molecular complexity index is 940. The van der Waals surface area contributed by atoms with Crippen molar-refractivity contribution in [3.8, 4) is 11.1 Å². The van der Waals surface area contributed by atoms with Crippen LogP contribution in [-0.4, -0.2) is 36.7 Å². The largest absolute Gasteiger partial charge is 0.445 e. The van der Waals surface area contributed by atoms with Gasteiger partial charge in [0, 0.05) is 12.1 Å². The number of piperidine rings is 3. The first-order valence-corrected chi connectivity index (χ1v) is 10.3. The maximum Gasteiger partial charge on any atom is 0.407 e. The minimum Gasteiger partial charge on any atom is -0.445 e. The zero-order valence-corrected chi connectivity index (χ0v) is 16.2. The second kappa shape index (κ2) is 7.41. The molecule has 152 valence electrons. The van der Waals surface area contributed by atoms with Crippen LogP contribution >= 0.6 is 0 Å². The molecule has 3 fully saturated rings. The molecule has 0 saturated carbocycles. The fourth-order valence-corrected chi connectivity index (χ4v) is 5.00. The number of nitrogens with one attached hydrogen (secondary N) is 1. The summed E-state index contributed by atoms with van der Waals surface area (Å²) < 4.78 is 33.6. The van der Waals surface area contributed by atoms with Crippen molar-refractivity contribution in [3.05, 3.63) is 59.2 Å². The number of nitrogens with zero attached hydrogens (tertiary/aromatic N) is 1. The van der Waals surface area contributed by atoms with E-state index in [4.69, 9.17) is 4.74 Å². The lowest BCUT2D eigenvalue weighted by atomic mass is 9.86. The third kappa shape index (κ3) is 3.50. The van der Waals surface area contributed by atoms with E-state index in [1.807, 2.05) is 18.2 Å². The number of halogens is 2. The van der Waals surface area contributed by atoms with Crippen LogP contribution in [0.5, 0.6) is 0 Å². The summed E-state index contributed by atoms with van der Waals surface area (Å²) in [6.45, 7) is 3.02. The number of amides is 1. The SMILES string of the molecule is O=C(NC1CCc2ccc(-c3cccc(F)c3F)cc21)O[C@H]1CN2CCC1CC2. The van der Waals surface area contributed by atoms with E-state index in [9.17, 15) is 13.6 Å². The highest BCUT2D eigenvalue weighted by Gasteiger charge is 2.37. The van der Waals surface area contributed by atoms with Crippen molar-refractivity contribution >= 4 is 6.09 Å². The number of carbonyl (C=O) groups is 1. The summed E-state index contributed by atoms with van der Waals surface area (Å²) in [5.41, 5.74) is 2.92. The predicted molar refractivity (Wildman–Crippen MR) is 105 cm³/mol. The molecule has 6 rings (SSSR count). The van der Waals surface area contributed by atoms with Crippen LogP contribution in [0.25, 0.3) is 11.1 Å². The molecule has 3 heterocycles. The van der Waals surface area contributed by atoms with E-state index in [1.54, 1.807) is 6.07 Å². The fourth-order valence-electron chi connectivity index (χ4n) is 5.00. The molecular formula is C23H24F2N2O2. The average molecular weight is 398 g/mol. The maximum atomic E-state index is 14.2. The molecule has 29 heavy (non-hydrogen) atoms. The van der Waals surface area contributed by atoms with Gasteiger partial charge in [0.05, 0.1) is 6.04 Å². The van der Waals surface area contributed by atoms with E-state index < -0.39 is 11.6 Å². The summed E-state index contributed by atoms with van der Waals surface area (Å²) in [7, 11) is 0. The van der Waals surface area contributed by atoms with E-state index in [0.717, 1.165) is 62.5 Å².